The normalized spacial score (nSPS) is 21.2. The minimum Gasteiger partial charge on any atom is -0.303 e. The van der Waals surface area contributed by atoms with Gasteiger partial charge in [-0.25, -0.2) is 13.1 Å². The number of likely N-dealkylation sites (tertiary alicyclic amines) is 1. The minimum atomic E-state index is -3.06. The number of aromatic nitrogens is 2. The Balaban J connectivity index is 1.76. The second-order valence-electron chi connectivity index (χ2n) is 5.64. The highest BCUT2D eigenvalue weighted by Gasteiger charge is 2.22. The standard InChI is InChI=1S/C13H24N4O2S/c1-11-9-13(16-15-11)12-5-3-7-17(10-12)8-4-6-14-20(2,18)19/h9,12,14H,3-8,10H2,1-2H3,(H,15,16)/t12-/m1/s1. The van der Waals surface area contributed by atoms with Gasteiger partial charge in [-0.15, -0.1) is 0 Å². The van der Waals surface area contributed by atoms with Gasteiger partial charge in [0.15, 0.2) is 0 Å². The summed E-state index contributed by atoms with van der Waals surface area (Å²) in [7, 11) is -3.06. The zero-order valence-corrected chi connectivity index (χ0v) is 13.0. The average Bonchev–Trinajstić information content (AvgIpc) is 2.81. The van der Waals surface area contributed by atoms with E-state index in [4.69, 9.17) is 0 Å². The van der Waals surface area contributed by atoms with E-state index in [-0.39, 0.29) is 0 Å². The van der Waals surface area contributed by atoms with E-state index >= 15 is 0 Å². The number of nitrogens with one attached hydrogen (secondary N) is 2. The first-order chi connectivity index (χ1) is 9.44. The summed E-state index contributed by atoms with van der Waals surface area (Å²) in [6.45, 7) is 5.58. The molecular weight excluding hydrogens is 276 g/mol. The van der Waals surface area contributed by atoms with Crippen molar-refractivity contribution in [1.82, 2.24) is 19.8 Å². The highest BCUT2D eigenvalue weighted by molar-refractivity contribution is 7.88. The first-order valence-electron chi connectivity index (χ1n) is 7.13. The van der Waals surface area contributed by atoms with Crippen LogP contribution in [0.1, 0.15) is 36.6 Å². The van der Waals surface area contributed by atoms with Gasteiger partial charge < -0.3 is 4.90 Å². The molecule has 1 aliphatic heterocycles. The summed E-state index contributed by atoms with van der Waals surface area (Å²) in [5.41, 5.74) is 2.26. The van der Waals surface area contributed by atoms with E-state index in [1.54, 1.807) is 0 Å². The minimum absolute atomic E-state index is 0.497. The fourth-order valence-electron chi connectivity index (χ4n) is 2.71. The third-order valence-electron chi connectivity index (χ3n) is 3.66. The molecule has 0 aromatic carbocycles. The van der Waals surface area contributed by atoms with Crippen molar-refractivity contribution in [3.63, 3.8) is 0 Å². The topological polar surface area (TPSA) is 78.1 Å². The van der Waals surface area contributed by atoms with Crippen LogP contribution in [-0.2, 0) is 10.0 Å². The number of rotatable bonds is 6. The predicted molar refractivity (Wildman–Crippen MR) is 79.2 cm³/mol. The monoisotopic (exact) mass is 300 g/mol. The third kappa shape index (κ3) is 4.88. The number of aromatic amines is 1. The molecule has 20 heavy (non-hydrogen) atoms. The number of hydrogen-bond acceptors (Lipinski definition) is 4. The number of sulfonamides is 1. The average molecular weight is 300 g/mol. The molecule has 1 fully saturated rings. The van der Waals surface area contributed by atoms with Gasteiger partial charge in [0.1, 0.15) is 0 Å². The van der Waals surface area contributed by atoms with Crippen molar-refractivity contribution < 1.29 is 8.42 Å². The number of H-pyrrole nitrogens is 1. The lowest BCUT2D eigenvalue weighted by Crippen LogP contribution is -2.36. The van der Waals surface area contributed by atoms with E-state index in [1.807, 2.05) is 6.92 Å². The molecule has 0 spiro atoms. The fraction of sp³-hybridized carbons (Fsp3) is 0.769. The largest absolute Gasteiger partial charge is 0.303 e. The van der Waals surface area contributed by atoms with Crippen LogP contribution in [0, 0.1) is 6.92 Å². The summed E-state index contributed by atoms with van der Waals surface area (Å²) < 4.78 is 24.5. The van der Waals surface area contributed by atoms with Gasteiger partial charge in [-0.1, -0.05) is 0 Å². The van der Waals surface area contributed by atoms with Crippen molar-refractivity contribution in [1.29, 1.82) is 0 Å². The van der Waals surface area contributed by atoms with E-state index < -0.39 is 10.0 Å². The Hall–Kier alpha value is -0.920. The van der Waals surface area contributed by atoms with Crippen LogP contribution in [-0.4, -0.2) is 55.9 Å². The van der Waals surface area contributed by atoms with Gasteiger partial charge in [0.05, 0.1) is 11.9 Å². The second-order valence-corrected chi connectivity index (χ2v) is 7.47. The van der Waals surface area contributed by atoms with Gasteiger partial charge in [0.2, 0.25) is 10.0 Å². The summed E-state index contributed by atoms with van der Waals surface area (Å²) >= 11 is 0. The van der Waals surface area contributed by atoms with Crippen molar-refractivity contribution in [2.45, 2.75) is 32.1 Å². The zero-order valence-electron chi connectivity index (χ0n) is 12.2. The molecule has 1 saturated heterocycles. The highest BCUT2D eigenvalue weighted by atomic mass is 32.2. The molecule has 1 aromatic rings. The van der Waals surface area contributed by atoms with Crippen LogP contribution in [0.5, 0.6) is 0 Å². The first kappa shape index (κ1) is 15.5. The van der Waals surface area contributed by atoms with Crippen LogP contribution >= 0.6 is 0 Å². The third-order valence-corrected chi connectivity index (χ3v) is 4.39. The molecule has 2 N–H and O–H groups in total. The van der Waals surface area contributed by atoms with Crippen LogP contribution < -0.4 is 4.72 Å². The SMILES string of the molecule is Cc1cc([C@@H]2CCCN(CCCNS(C)(=O)=O)C2)n[nH]1. The van der Waals surface area contributed by atoms with Gasteiger partial charge in [-0.2, -0.15) is 5.10 Å². The van der Waals surface area contributed by atoms with Crippen LogP contribution in [0.4, 0.5) is 0 Å². The van der Waals surface area contributed by atoms with E-state index in [0.29, 0.717) is 12.5 Å². The van der Waals surface area contributed by atoms with Crippen molar-refractivity contribution in [2.24, 2.45) is 0 Å². The molecule has 2 heterocycles. The molecule has 0 amide bonds. The van der Waals surface area contributed by atoms with Gasteiger partial charge in [0, 0.05) is 24.7 Å². The van der Waals surface area contributed by atoms with Gasteiger partial charge in [-0.3, -0.25) is 5.10 Å². The van der Waals surface area contributed by atoms with Gasteiger partial charge >= 0.3 is 0 Å². The molecule has 6 nitrogen and oxygen atoms in total. The molecule has 1 aliphatic rings. The van der Waals surface area contributed by atoms with Crippen LogP contribution in [0.25, 0.3) is 0 Å². The Morgan fingerprint density at radius 1 is 1.55 bits per heavy atom. The second kappa shape index (κ2) is 6.69. The summed E-state index contributed by atoms with van der Waals surface area (Å²) in [4.78, 5) is 2.40. The number of hydrogen-bond donors (Lipinski definition) is 2. The molecule has 0 radical (unpaired) electrons. The Morgan fingerprint density at radius 3 is 3.00 bits per heavy atom. The maximum Gasteiger partial charge on any atom is 0.208 e. The van der Waals surface area contributed by atoms with Crippen molar-refractivity contribution >= 4 is 10.0 Å². The smallest absolute Gasteiger partial charge is 0.208 e. The molecule has 1 aromatic heterocycles. The summed E-state index contributed by atoms with van der Waals surface area (Å²) in [6.07, 6.45) is 4.40. The molecule has 0 saturated carbocycles. The molecule has 0 bridgehead atoms. The number of piperidine rings is 1. The van der Waals surface area contributed by atoms with Crippen molar-refractivity contribution in [3.05, 3.63) is 17.5 Å². The predicted octanol–water partition coefficient (Wildman–Crippen LogP) is 0.837. The molecule has 0 unspecified atom stereocenters. The molecular formula is C13H24N4O2S. The molecule has 2 rings (SSSR count). The molecule has 1 atom stereocenters. The van der Waals surface area contributed by atoms with Crippen LogP contribution in [0.2, 0.25) is 0 Å². The van der Waals surface area contributed by atoms with Gasteiger partial charge in [-0.05, 0) is 45.3 Å². The Kier molecular flexibility index (Phi) is 5.17. The maximum absolute atomic E-state index is 11.0. The van der Waals surface area contributed by atoms with Crippen LogP contribution in [0.3, 0.4) is 0 Å². The Morgan fingerprint density at radius 2 is 2.35 bits per heavy atom. The molecule has 7 heteroatoms. The Bertz CT molecular complexity index is 526. The maximum atomic E-state index is 11.0. The lowest BCUT2D eigenvalue weighted by Gasteiger charge is -2.31. The van der Waals surface area contributed by atoms with E-state index in [2.05, 4.69) is 25.9 Å². The zero-order chi connectivity index (χ0) is 14.6. The highest BCUT2D eigenvalue weighted by Crippen LogP contribution is 2.25. The van der Waals surface area contributed by atoms with E-state index in [0.717, 1.165) is 37.4 Å². The lowest BCUT2D eigenvalue weighted by molar-refractivity contribution is 0.204. The lowest BCUT2D eigenvalue weighted by atomic mass is 9.94. The van der Waals surface area contributed by atoms with E-state index in [9.17, 15) is 8.42 Å². The number of nitrogens with zero attached hydrogens (tertiary/aromatic N) is 2. The van der Waals surface area contributed by atoms with Crippen molar-refractivity contribution in [2.75, 3.05) is 32.4 Å². The summed E-state index contributed by atoms with van der Waals surface area (Å²) in [5, 5.41) is 7.36. The summed E-state index contributed by atoms with van der Waals surface area (Å²) in [5.74, 6) is 0.497. The Labute approximate surface area is 121 Å². The summed E-state index contributed by atoms with van der Waals surface area (Å²) in [6, 6.07) is 2.12. The molecule has 0 aliphatic carbocycles. The van der Waals surface area contributed by atoms with Gasteiger partial charge in [0.25, 0.3) is 0 Å². The first-order valence-corrected chi connectivity index (χ1v) is 9.02. The van der Waals surface area contributed by atoms with E-state index in [1.165, 1.54) is 19.1 Å². The fourth-order valence-corrected chi connectivity index (χ4v) is 3.22. The molecule has 114 valence electrons. The quantitative estimate of drug-likeness (QED) is 0.763. The van der Waals surface area contributed by atoms with Crippen LogP contribution in [0.15, 0.2) is 6.07 Å². The number of aryl methyl sites for hydroxylation is 1. The van der Waals surface area contributed by atoms with Crippen molar-refractivity contribution in [3.8, 4) is 0 Å².